The van der Waals surface area contributed by atoms with Gasteiger partial charge in [-0.2, -0.15) is 4.98 Å². The van der Waals surface area contributed by atoms with Crippen LogP contribution >= 0.6 is 11.3 Å². The van der Waals surface area contributed by atoms with E-state index in [1.54, 1.807) is 23.7 Å². The first-order valence-electron chi connectivity index (χ1n) is 7.98. The predicted molar refractivity (Wildman–Crippen MR) is 100 cm³/mol. The van der Waals surface area contributed by atoms with Crippen molar-refractivity contribution < 1.29 is 9.72 Å². The second-order valence-corrected chi connectivity index (χ2v) is 6.94. The lowest BCUT2D eigenvalue weighted by Crippen LogP contribution is -2.31. The van der Waals surface area contributed by atoms with E-state index < -0.39 is 16.9 Å². The van der Waals surface area contributed by atoms with Crippen LogP contribution in [0, 0.1) is 10.1 Å². The summed E-state index contributed by atoms with van der Waals surface area (Å²) in [6, 6.07) is 9.38. The summed E-state index contributed by atoms with van der Waals surface area (Å²) in [7, 11) is 0. The minimum absolute atomic E-state index is 0.0461. The maximum Gasteiger partial charge on any atom is 0.270 e. The molecule has 3 heterocycles. The van der Waals surface area contributed by atoms with E-state index in [1.807, 2.05) is 17.5 Å². The first-order valence-corrected chi connectivity index (χ1v) is 8.86. The Hall–Kier alpha value is -3.53. The average molecular weight is 382 g/mol. The van der Waals surface area contributed by atoms with Crippen molar-refractivity contribution >= 4 is 28.9 Å². The van der Waals surface area contributed by atoms with Gasteiger partial charge < -0.3 is 11.1 Å². The van der Waals surface area contributed by atoms with Crippen molar-refractivity contribution in [2.75, 3.05) is 5.32 Å². The smallest absolute Gasteiger partial charge is 0.270 e. The number of anilines is 1. The fourth-order valence-corrected chi connectivity index (χ4v) is 3.88. The number of rotatable bonds is 4. The molecule has 0 saturated heterocycles. The van der Waals surface area contributed by atoms with Crippen molar-refractivity contribution in [3.63, 3.8) is 0 Å². The molecule has 1 amide bonds. The van der Waals surface area contributed by atoms with Crippen LogP contribution in [0.25, 0.3) is 11.4 Å². The van der Waals surface area contributed by atoms with Gasteiger partial charge in [0.05, 0.1) is 10.5 Å². The van der Waals surface area contributed by atoms with Crippen molar-refractivity contribution in [2.24, 2.45) is 5.73 Å². The quantitative estimate of drug-likeness (QED) is 0.527. The molecule has 0 bridgehead atoms. The molecule has 1 aromatic carbocycles. The van der Waals surface area contributed by atoms with Gasteiger partial charge in [0.1, 0.15) is 6.04 Å². The number of amides is 1. The van der Waals surface area contributed by atoms with Gasteiger partial charge in [-0.25, -0.2) is 4.68 Å². The molecule has 27 heavy (non-hydrogen) atoms. The minimum atomic E-state index is -0.545. The molecule has 1 atom stereocenters. The number of nitro groups is 1. The van der Waals surface area contributed by atoms with E-state index in [2.05, 4.69) is 15.4 Å². The molecule has 1 aliphatic heterocycles. The highest BCUT2D eigenvalue weighted by Crippen LogP contribution is 2.37. The second-order valence-electron chi connectivity index (χ2n) is 5.96. The fourth-order valence-electron chi connectivity index (χ4n) is 3.06. The number of primary amides is 1. The lowest BCUT2D eigenvalue weighted by atomic mass is 10.0. The summed E-state index contributed by atoms with van der Waals surface area (Å²) in [6.45, 7) is 1.76. The fraction of sp³-hybridized carbons (Fsp3) is 0.118. The number of hydrogen-bond acceptors (Lipinski definition) is 7. The molecule has 0 saturated carbocycles. The highest BCUT2D eigenvalue weighted by molar-refractivity contribution is 7.10. The van der Waals surface area contributed by atoms with Crippen LogP contribution in [0.3, 0.4) is 0 Å². The number of benzene rings is 1. The zero-order valence-electron chi connectivity index (χ0n) is 14.1. The molecule has 136 valence electrons. The van der Waals surface area contributed by atoms with Crippen molar-refractivity contribution in [1.82, 2.24) is 14.8 Å². The molecule has 3 aromatic rings. The Balaban J connectivity index is 1.85. The molecule has 3 N–H and O–H groups in total. The van der Waals surface area contributed by atoms with Crippen molar-refractivity contribution in [2.45, 2.75) is 13.0 Å². The van der Waals surface area contributed by atoms with E-state index in [-0.39, 0.29) is 5.69 Å². The number of fused-ring (bicyclic) bond motifs is 1. The van der Waals surface area contributed by atoms with Crippen LogP contribution in [-0.4, -0.2) is 25.6 Å². The third kappa shape index (κ3) is 2.85. The van der Waals surface area contributed by atoms with Gasteiger partial charge in [-0.3, -0.25) is 14.9 Å². The van der Waals surface area contributed by atoms with Crippen LogP contribution < -0.4 is 11.1 Å². The van der Waals surface area contributed by atoms with Gasteiger partial charge in [0, 0.05) is 28.3 Å². The van der Waals surface area contributed by atoms with Crippen LogP contribution in [0.15, 0.2) is 53.0 Å². The Kier molecular flexibility index (Phi) is 3.96. The van der Waals surface area contributed by atoms with E-state index >= 15 is 0 Å². The number of hydrogen-bond donors (Lipinski definition) is 2. The number of nitrogens with two attached hydrogens (primary N) is 1. The molecule has 1 unspecified atom stereocenters. The summed E-state index contributed by atoms with van der Waals surface area (Å²) in [5, 5.41) is 20.5. The van der Waals surface area contributed by atoms with Gasteiger partial charge in [0.15, 0.2) is 5.82 Å². The first-order chi connectivity index (χ1) is 13.0. The number of nitrogens with zero attached hydrogens (tertiary/aromatic N) is 4. The van der Waals surface area contributed by atoms with E-state index in [0.29, 0.717) is 28.6 Å². The predicted octanol–water partition coefficient (Wildman–Crippen LogP) is 2.69. The molecule has 2 aromatic heterocycles. The summed E-state index contributed by atoms with van der Waals surface area (Å²) in [4.78, 5) is 28.0. The Morgan fingerprint density at radius 2 is 2.19 bits per heavy atom. The highest BCUT2D eigenvalue weighted by atomic mass is 32.1. The average Bonchev–Trinajstić information content (AvgIpc) is 3.30. The maximum atomic E-state index is 12.1. The van der Waals surface area contributed by atoms with Crippen LogP contribution in [-0.2, 0) is 4.79 Å². The van der Waals surface area contributed by atoms with Gasteiger partial charge in [-0.15, -0.1) is 16.4 Å². The summed E-state index contributed by atoms with van der Waals surface area (Å²) < 4.78 is 1.59. The zero-order valence-corrected chi connectivity index (χ0v) is 14.9. The summed E-state index contributed by atoms with van der Waals surface area (Å²) in [5.41, 5.74) is 7.08. The van der Waals surface area contributed by atoms with E-state index in [1.165, 1.54) is 23.5 Å². The standard InChI is InChI=1S/C17H14N6O3S/c1-9-13(15(18)24)14(12-6-3-7-27-12)22-17(19-9)20-16(21-22)10-4-2-5-11(8-10)23(25)26/h2-8,14H,1H3,(H2,18,24)(H,19,20,21). The Bertz CT molecular complexity index is 1090. The van der Waals surface area contributed by atoms with Crippen LogP contribution in [0.4, 0.5) is 11.6 Å². The topological polar surface area (TPSA) is 129 Å². The number of aromatic nitrogens is 3. The van der Waals surface area contributed by atoms with Gasteiger partial charge in [0.2, 0.25) is 11.9 Å². The third-order valence-corrected chi connectivity index (χ3v) is 5.17. The normalized spacial score (nSPS) is 16.0. The second kappa shape index (κ2) is 6.32. The minimum Gasteiger partial charge on any atom is -0.366 e. The van der Waals surface area contributed by atoms with Crippen molar-refractivity contribution in [3.8, 4) is 11.4 Å². The van der Waals surface area contributed by atoms with Gasteiger partial charge in [-0.05, 0) is 18.4 Å². The van der Waals surface area contributed by atoms with E-state index in [4.69, 9.17) is 5.73 Å². The Morgan fingerprint density at radius 1 is 1.37 bits per heavy atom. The molecule has 0 spiro atoms. The third-order valence-electron chi connectivity index (χ3n) is 4.25. The maximum absolute atomic E-state index is 12.1. The molecule has 0 aliphatic carbocycles. The summed E-state index contributed by atoms with van der Waals surface area (Å²) in [6.07, 6.45) is 0. The zero-order chi connectivity index (χ0) is 19.1. The van der Waals surface area contributed by atoms with Gasteiger partial charge in [0.25, 0.3) is 5.69 Å². The number of carbonyl (C=O) groups excluding carboxylic acids is 1. The van der Waals surface area contributed by atoms with E-state index in [0.717, 1.165) is 4.88 Å². The lowest BCUT2D eigenvalue weighted by Gasteiger charge is -2.26. The molecule has 9 nitrogen and oxygen atoms in total. The molecule has 0 radical (unpaired) electrons. The molecular formula is C17H14N6O3S. The van der Waals surface area contributed by atoms with Crippen LogP contribution in [0.2, 0.25) is 0 Å². The summed E-state index contributed by atoms with van der Waals surface area (Å²) in [5.74, 6) is 0.218. The summed E-state index contributed by atoms with van der Waals surface area (Å²) >= 11 is 1.48. The number of carbonyl (C=O) groups is 1. The van der Waals surface area contributed by atoms with Crippen molar-refractivity contribution in [3.05, 3.63) is 68.0 Å². The monoisotopic (exact) mass is 382 g/mol. The lowest BCUT2D eigenvalue weighted by molar-refractivity contribution is -0.384. The SMILES string of the molecule is CC1=C(C(N)=O)C(c2cccs2)n2nc(-c3cccc([N+](=O)[O-])c3)nc2N1. The number of allylic oxidation sites excluding steroid dienone is 1. The Morgan fingerprint density at radius 3 is 2.85 bits per heavy atom. The number of non-ortho nitro benzene ring substituents is 1. The number of nitrogens with one attached hydrogen (secondary N) is 1. The first kappa shape index (κ1) is 16.9. The molecule has 0 fully saturated rings. The van der Waals surface area contributed by atoms with Gasteiger partial charge in [-0.1, -0.05) is 18.2 Å². The van der Waals surface area contributed by atoms with E-state index in [9.17, 15) is 14.9 Å². The van der Waals surface area contributed by atoms with Crippen LogP contribution in [0.1, 0.15) is 17.8 Å². The highest BCUT2D eigenvalue weighted by Gasteiger charge is 2.34. The molecule has 4 rings (SSSR count). The largest absolute Gasteiger partial charge is 0.366 e. The number of nitro benzene ring substituents is 1. The molecule has 10 heteroatoms. The van der Waals surface area contributed by atoms with Crippen LogP contribution in [0.5, 0.6) is 0 Å². The van der Waals surface area contributed by atoms with Gasteiger partial charge >= 0.3 is 0 Å². The Labute approximate surface area is 157 Å². The van der Waals surface area contributed by atoms with Crippen molar-refractivity contribution in [1.29, 1.82) is 0 Å². The molecular weight excluding hydrogens is 368 g/mol. The number of thiophene rings is 1. The molecule has 1 aliphatic rings.